The van der Waals surface area contributed by atoms with Crippen LogP contribution in [0.4, 0.5) is 0 Å². The van der Waals surface area contributed by atoms with E-state index in [0.717, 1.165) is 39.7 Å². The number of nitrogens with one attached hydrogen (secondary N) is 1. The van der Waals surface area contributed by atoms with Crippen molar-refractivity contribution in [1.29, 1.82) is 0 Å². The first-order chi connectivity index (χ1) is 10.0. The van der Waals surface area contributed by atoms with Crippen LogP contribution in [0.15, 0.2) is 27.3 Å². The lowest BCUT2D eigenvalue weighted by Gasteiger charge is -2.19. The Kier molecular flexibility index (Phi) is 5.96. The Bertz CT molecular complexity index is 610. The molecule has 0 aliphatic heterocycles. The van der Waals surface area contributed by atoms with E-state index in [1.54, 1.807) is 0 Å². The molecule has 114 valence electrons. The molecule has 0 saturated carbocycles. The molecule has 4 nitrogen and oxygen atoms in total. The minimum absolute atomic E-state index is 0.164. The van der Waals surface area contributed by atoms with Crippen LogP contribution < -0.4 is 5.32 Å². The van der Waals surface area contributed by atoms with Crippen LogP contribution in [0.1, 0.15) is 37.0 Å². The highest BCUT2D eigenvalue weighted by atomic mass is 79.9. The van der Waals surface area contributed by atoms with E-state index in [9.17, 15) is 0 Å². The van der Waals surface area contributed by atoms with E-state index in [-0.39, 0.29) is 6.04 Å². The van der Waals surface area contributed by atoms with Gasteiger partial charge in [-0.1, -0.05) is 13.8 Å². The van der Waals surface area contributed by atoms with Gasteiger partial charge in [0.25, 0.3) is 0 Å². The zero-order valence-electron chi connectivity index (χ0n) is 12.5. The van der Waals surface area contributed by atoms with Gasteiger partial charge in [-0.15, -0.1) is 0 Å². The van der Waals surface area contributed by atoms with Crippen molar-refractivity contribution in [3.63, 3.8) is 0 Å². The number of hydrogen-bond donors (Lipinski definition) is 1. The first-order valence-electron chi connectivity index (χ1n) is 7.11. The van der Waals surface area contributed by atoms with Crippen molar-refractivity contribution in [2.45, 2.75) is 32.7 Å². The Morgan fingerprint density at radius 3 is 2.62 bits per heavy atom. The van der Waals surface area contributed by atoms with Gasteiger partial charge in [-0.2, -0.15) is 5.10 Å². The lowest BCUT2D eigenvalue weighted by molar-refractivity contribution is 0.515. The van der Waals surface area contributed by atoms with E-state index in [4.69, 9.17) is 0 Å². The van der Waals surface area contributed by atoms with Gasteiger partial charge in [0, 0.05) is 34.3 Å². The number of rotatable bonds is 6. The fraction of sp³-hybridized carbons (Fsp3) is 0.467. The first-order valence-corrected chi connectivity index (χ1v) is 8.69. The quantitative estimate of drug-likeness (QED) is 0.780. The zero-order chi connectivity index (χ0) is 15.4. The number of hydrogen-bond acceptors (Lipinski definition) is 3. The lowest BCUT2D eigenvalue weighted by atomic mass is 10.1. The number of nitrogens with zero attached hydrogens (tertiary/aromatic N) is 3. The average Bonchev–Trinajstić information content (AvgIpc) is 2.79. The summed E-state index contributed by atoms with van der Waals surface area (Å²) < 4.78 is 3.96. The minimum atomic E-state index is 0.164. The van der Waals surface area contributed by atoms with E-state index in [2.05, 4.69) is 67.2 Å². The molecule has 0 saturated heterocycles. The summed E-state index contributed by atoms with van der Waals surface area (Å²) in [6, 6.07) is 4.38. The van der Waals surface area contributed by atoms with Crippen LogP contribution in [0, 0.1) is 0 Å². The summed E-state index contributed by atoms with van der Waals surface area (Å²) in [5.41, 5.74) is 3.37. The van der Waals surface area contributed by atoms with Gasteiger partial charge in [0.05, 0.1) is 17.4 Å². The van der Waals surface area contributed by atoms with Gasteiger partial charge in [-0.25, -0.2) is 0 Å². The monoisotopic (exact) mass is 414 g/mol. The molecule has 21 heavy (non-hydrogen) atoms. The molecule has 1 N–H and O–H groups in total. The van der Waals surface area contributed by atoms with E-state index >= 15 is 0 Å². The average molecular weight is 416 g/mol. The van der Waals surface area contributed by atoms with Crippen LogP contribution in [-0.2, 0) is 19.9 Å². The van der Waals surface area contributed by atoms with Crippen LogP contribution in [0.5, 0.6) is 0 Å². The third kappa shape index (κ3) is 4.14. The van der Waals surface area contributed by atoms with Crippen molar-refractivity contribution in [1.82, 2.24) is 20.1 Å². The molecule has 2 heterocycles. The van der Waals surface area contributed by atoms with E-state index in [1.807, 2.05) is 24.0 Å². The number of aromatic nitrogens is 3. The number of aryl methyl sites for hydroxylation is 2. The van der Waals surface area contributed by atoms with E-state index in [0.29, 0.717) is 0 Å². The maximum absolute atomic E-state index is 4.56. The molecule has 2 rings (SSSR count). The standard InChI is InChI=1S/C15H20Br2N4/c1-4-11-7-12(21(3)20-11)8-14(18-5-2)15-13(17)6-10(16)9-19-15/h6-7,9,14,18H,4-5,8H2,1-3H3. The fourth-order valence-corrected chi connectivity index (χ4v) is 3.60. The molecular formula is C15H20Br2N4. The van der Waals surface area contributed by atoms with Gasteiger partial charge in [0.15, 0.2) is 0 Å². The van der Waals surface area contributed by atoms with Gasteiger partial charge >= 0.3 is 0 Å². The minimum Gasteiger partial charge on any atom is -0.309 e. The second-order valence-electron chi connectivity index (χ2n) is 4.94. The van der Waals surface area contributed by atoms with Crippen molar-refractivity contribution < 1.29 is 0 Å². The Morgan fingerprint density at radius 2 is 2.05 bits per heavy atom. The van der Waals surface area contributed by atoms with Crippen LogP contribution >= 0.6 is 31.9 Å². The molecule has 0 aromatic carbocycles. The number of pyridine rings is 1. The molecular weight excluding hydrogens is 396 g/mol. The molecule has 2 aromatic heterocycles. The molecule has 6 heteroatoms. The van der Waals surface area contributed by atoms with Gasteiger partial charge in [-0.05, 0) is 57.0 Å². The molecule has 1 unspecified atom stereocenters. The highest BCUT2D eigenvalue weighted by Crippen LogP contribution is 2.27. The van der Waals surface area contributed by atoms with Crippen molar-refractivity contribution in [3.8, 4) is 0 Å². The third-order valence-corrected chi connectivity index (χ3v) is 4.49. The summed E-state index contributed by atoms with van der Waals surface area (Å²) in [7, 11) is 2.00. The molecule has 0 spiro atoms. The molecule has 0 radical (unpaired) electrons. The van der Waals surface area contributed by atoms with E-state index in [1.165, 1.54) is 5.69 Å². The van der Waals surface area contributed by atoms with Crippen molar-refractivity contribution in [3.05, 3.63) is 44.4 Å². The Hall–Kier alpha value is -0.720. The van der Waals surface area contributed by atoms with Crippen molar-refractivity contribution >= 4 is 31.9 Å². The summed E-state index contributed by atoms with van der Waals surface area (Å²) in [6.07, 6.45) is 3.66. The molecule has 0 aliphatic rings. The topological polar surface area (TPSA) is 42.7 Å². The van der Waals surface area contributed by atoms with Crippen LogP contribution in [0.3, 0.4) is 0 Å². The second kappa shape index (κ2) is 7.51. The largest absolute Gasteiger partial charge is 0.309 e. The second-order valence-corrected chi connectivity index (χ2v) is 6.71. The molecule has 1 atom stereocenters. The van der Waals surface area contributed by atoms with Crippen molar-refractivity contribution in [2.24, 2.45) is 7.05 Å². The van der Waals surface area contributed by atoms with Gasteiger partial charge < -0.3 is 5.32 Å². The summed E-state index contributed by atoms with van der Waals surface area (Å²) in [4.78, 5) is 4.56. The Balaban J connectivity index is 2.28. The third-order valence-electron chi connectivity index (χ3n) is 3.42. The Labute approximate surface area is 142 Å². The molecule has 2 aromatic rings. The predicted octanol–water partition coefficient (Wildman–Crippen LogP) is 3.80. The summed E-state index contributed by atoms with van der Waals surface area (Å²) in [5, 5.41) is 8.04. The lowest BCUT2D eigenvalue weighted by Crippen LogP contribution is -2.25. The zero-order valence-corrected chi connectivity index (χ0v) is 15.7. The van der Waals surface area contributed by atoms with Crippen LogP contribution in [0.2, 0.25) is 0 Å². The highest BCUT2D eigenvalue weighted by Gasteiger charge is 2.18. The predicted molar refractivity (Wildman–Crippen MR) is 92.3 cm³/mol. The maximum Gasteiger partial charge on any atom is 0.0719 e. The van der Waals surface area contributed by atoms with E-state index < -0.39 is 0 Å². The SMILES string of the molecule is CCNC(Cc1cc(CC)nn1C)c1ncc(Br)cc1Br. The van der Waals surface area contributed by atoms with Gasteiger partial charge in [0.1, 0.15) is 0 Å². The number of likely N-dealkylation sites (N-methyl/N-ethyl adjacent to an activating group) is 1. The van der Waals surface area contributed by atoms with Gasteiger partial charge in [-0.3, -0.25) is 9.67 Å². The first kappa shape index (κ1) is 16.6. The van der Waals surface area contributed by atoms with Gasteiger partial charge in [0.2, 0.25) is 0 Å². The molecule has 0 aliphatic carbocycles. The Morgan fingerprint density at radius 1 is 1.29 bits per heavy atom. The summed E-state index contributed by atoms with van der Waals surface area (Å²) in [5.74, 6) is 0. The number of halogens is 2. The summed E-state index contributed by atoms with van der Waals surface area (Å²) in [6.45, 7) is 5.13. The maximum atomic E-state index is 4.56. The molecule has 0 fully saturated rings. The normalized spacial score (nSPS) is 12.6. The van der Waals surface area contributed by atoms with Crippen LogP contribution in [-0.4, -0.2) is 21.3 Å². The van der Waals surface area contributed by atoms with Crippen molar-refractivity contribution in [2.75, 3.05) is 6.54 Å². The molecule has 0 bridgehead atoms. The highest BCUT2D eigenvalue weighted by molar-refractivity contribution is 9.11. The smallest absolute Gasteiger partial charge is 0.0719 e. The summed E-state index contributed by atoms with van der Waals surface area (Å²) >= 11 is 7.06. The van der Waals surface area contributed by atoms with Crippen LogP contribution in [0.25, 0.3) is 0 Å². The molecule has 0 amide bonds. The fourth-order valence-electron chi connectivity index (χ4n) is 2.34.